The highest BCUT2D eigenvalue weighted by molar-refractivity contribution is 6.39. The lowest BCUT2D eigenvalue weighted by molar-refractivity contribution is -0.160. The largest absolute Gasteiger partial charge is 0.497 e. The van der Waals surface area contributed by atoms with E-state index in [0.29, 0.717) is 42.1 Å². The molecule has 0 fully saturated rings. The maximum atomic E-state index is 11.8. The van der Waals surface area contributed by atoms with E-state index in [1.807, 2.05) is 57.2 Å². The van der Waals surface area contributed by atoms with Crippen molar-refractivity contribution in [2.45, 2.75) is 87.4 Å². The number of rotatable bonds is 28. The molecular formula is C60H74O17. The van der Waals surface area contributed by atoms with Crippen molar-refractivity contribution in [3.63, 3.8) is 0 Å². The molecule has 0 amide bonds. The Bertz CT molecular complexity index is 2580. The molecule has 416 valence electrons. The maximum Gasteiger partial charge on any atom is 0.379 e. The lowest BCUT2D eigenvalue weighted by atomic mass is 9.91. The summed E-state index contributed by atoms with van der Waals surface area (Å²) in [6.45, 7) is 13.7. The second-order valence-corrected chi connectivity index (χ2v) is 17.6. The Hall–Kier alpha value is -8.18. The molecule has 0 aliphatic carbocycles. The standard InChI is InChI=1S/2C22H28O7.C16H18O3/c1-6-22(2,3)21(25)29-14-13-28-20(24)18(23)10-8-7-9-16-11-12-17(26-4)15-19(16)27-5;1-5-22(2,3)21(26)29-13-12-28-20(25)19(24)9-7-6-8-16-14-18(27-4)11-10-17(16)15-23;1-3-13(2)19-16(18)15(17)12-8-7-11-14-9-5-4-6-10-14/h7-12,15H,6,13-14H2,1-5H3;6-11,14,23H,5,12-13,15H2,1-4H3;4-13H,3H2,1-2H3/b9-7+,10-8+;8-6+,9-7+;11-7+,12-8+. The van der Waals surface area contributed by atoms with Crippen molar-refractivity contribution in [2.75, 3.05) is 47.8 Å². The highest BCUT2D eigenvalue weighted by Crippen LogP contribution is 2.26. The number of hydrogen-bond acceptors (Lipinski definition) is 17. The van der Waals surface area contributed by atoms with Gasteiger partial charge in [0.25, 0.3) is 17.3 Å². The second-order valence-electron chi connectivity index (χ2n) is 17.6. The Kier molecular flexibility index (Phi) is 31.9. The number of ketones is 3. The minimum absolute atomic E-state index is 0.0951. The van der Waals surface area contributed by atoms with E-state index in [0.717, 1.165) is 28.8 Å². The summed E-state index contributed by atoms with van der Waals surface area (Å²) in [5, 5.41) is 9.36. The number of carbonyl (C=O) groups is 8. The van der Waals surface area contributed by atoms with Gasteiger partial charge in [-0.3, -0.25) is 24.0 Å². The summed E-state index contributed by atoms with van der Waals surface area (Å²) in [5.41, 5.74) is 2.03. The number of aliphatic hydroxyl groups is 1. The number of methoxy groups -OCH3 is 3. The number of esters is 5. The van der Waals surface area contributed by atoms with Crippen LogP contribution in [0.1, 0.15) is 96.9 Å². The van der Waals surface area contributed by atoms with E-state index in [9.17, 15) is 43.5 Å². The normalized spacial score (nSPS) is 11.8. The van der Waals surface area contributed by atoms with Crippen LogP contribution in [0.25, 0.3) is 18.2 Å². The third-order valence-corrected chi connectivity index (χ3v) is 11.1. The van der Waals surface area contributed by atoms with Gasteiger partial charge in [-0.05, 0) is 113 Å². The first-order valence-electron chi connectivity index (χ1n) is 24.7. The Balaban J connectivity index is 0.000000591. The van der Waals surface area contributed by atoms with Crippen molar-refractivity contribution < 1.29 is 81.4 Å². The first-order chi connectivity index (χ1) is 36.6. The van der Waals surface area contributed by atoms with E-state index in [-0.39, 0.29) is 51.1 Å². The molecule has 0 aliphatic heterocycles. The average molecular weight is 1070 g/mol. The van der Waals surface area contributed by atoms with Crippen LogP contribution in [0.3, 0.4) is 0 Å². The molecule has 0 heterocycles. The number of carbonyl (C=O) groups excluding carboxylic acids is 8. The lowest BCUT2D eigenvalue weighted by Gasteiger charge is -2.20. The summed E-state index contributed by atoms with van der Waals surface area (Å²) < 4.78 is 40.1. The Morgan fingerprint density at radius 2 is 0.961 bits per heavy atom. The molecule has 17 heteroatoms. The van der Waals surface area contributed by atoms with Gasteiger partial charge in [-0.1, -0.05) is 112 Å². The fraction of sp³-hybridized carbons (Fsp3) is 0.367. The van der Waals surface area contributed by atoms with Crippen LogP contribution >= 0.6 is 0 Å². The smallest absolute Gasteiger partial charge is 0.379 e. The lowest BCUT2D eigenvalue weighted by Crippen LogP contribution is -2.27. The zero-order valence-corrected chi connectivity index (χ0v) is 46.0. The van der Waals surface area contributed by atoms with Gasteiger partial charge in [0.15, 0.2) is 0 Å². The van der Waals surface area contributed by atoms with Gasteiger partial charge >= 0.3 is 29.8 Å². The SMILES string of the molecule is CCC(C)(C)C(=O)OCCOC(=O)C(=O)/C=C/C=C/c1cc(OC)ccc1CO.CCC(C)(C)C(=O)OCCOC(=O)C(=O)/C=C/C=C/c1ccc(OC)cc1OC.CCC(C)OC(=O)C(=O)/C=C/C=C/c1ccccc1. The van der Waals surface area contributed by atoms with Crippen LogP contribution in [0.5, 0.6) is 17.2 Å². The third-order valence-electron chi connectivity index (χ3n) is 11.1. The van der Waals surface area contributed by atoms with E-state index in [2.05, 4.69) is 0 Å². The molecular weight excluding hydrogens is 993 g/mol. The van der Waals surface area contributed by atoms with E-state index in [1.54, 1.807) is 116 Å². The Morgan fingerprint density at radius 1 is 0.519 bits per heavy atom. The summed E-state index contributed by atoms with van der Waals surface area (Å²) in [4.78, 5) is 93.1. The summed E-state index contributed by atoms with van der Waals surface area (Å²) >= 11 is 0. The summed E-state index contributed by atoms with van der Waals surface area (Å²) in [6.07, 6.45) is 19.6. The van der Waals surface area contributed by atoms with Gasteiger partial charge in [-0.15, -0.1) is 0 Å². The summed E-state index contributed by atoms with van der Waals surface area (Å²) in [5.74, 6) is -3.98. The summed E-state index contributed by atoms with van der Waals surface area (Å²) in [6, 6.07) is 20.2. The van der Waals surface area contributed by atoms with Crippen LogP contribution in [0.4, 0.5) is 0 Å². The molecule has 17 nitrogen and oxygen atoms in total. The number of aliphatic hydroxyl groups excluding tert-OH is 1. The van der Waals surface area contributed by atoms with E-state index in [4.69, 9.17) is 37.9 Å². The highest BCUT2D eigenvalue weighted by atomic mass is 16.6. The van der Waals surface area contributed by atoms with Gasteiger partial charge in [-0.25, -0.2) is 14.4 Å². The van der Waals surface area contributed by atoms with Crippen LogP contribution in [0.15, 0.2) is 121 Å². The summed E-state index contributed by atoms with van der Waals surface area (Å²) in [7, 11) is 4.65. The van der Waals surface area contributed by atoms with Crippen LogP contribution in [-0.4, -0.2) is 106 Å². The fourth-order valence-corrected chi connectivity index (χ4v) is 5.32. The van der Waals surface area contributed by atoms with Crippen molar-refractivity contribution in [1.29, 1.82) is 0 Å². The van der Waals surface area contributed by atoms with Gasteiger partial charge in [0, 0.05) is 11.6 Å². The number of allylic oxidation sites excluding steroid dienone is 6. The number of ether oxygens (including phenoxy) is 8. The molecule has 3 aromatic rings. The molecule has 0 saturated heterocycles. The number of hydrogen-bond donors (Lipinski definition) is 1. The van der Waals surface area contributed by atoms with Gasteiger partial charge in [-0.2, -0.15) is 0 Å². The minimum Gasteiger partial charge on any atom is -0.497 e. The van der Waals surface area contributed by atoms with Gasteiger partial charge < -0.3 is 43.0 Å². The predicted octanol–water partition coefficient (Wildman–Crippen LogP) is 9.38. The van der Waals surface area contributed by atoms with Crippen LogP contribution in [-0.2, 0) is 68.6 Å². The highest BCUT2D eigenvalue weighted by Gasteiger charge is 2.28. The molecule has 77 heavy (non-hydrogen) atoms. The van der Waals surface area contributed by atoms with Crippen molar-refractivity contribution in [2.24, 2.45) is 10.8 Å². The van der Waals surface area contributed by atoms with Gasteiger partial charge in [0.2, 0.25) is 0 Å². The van der Waals surface area contributed by atoms with Gasteiger partial charge in [0.1, 0.15) is 43.7 Å². The quantitative estimate of drug-likeness (QED) is 0.0178. The molecule has 1 unspecified atom stereocenters. The molecule has 3 rings (SSSR count). The van der Waals surface area contributed by atoms with Crippen LogP contribution < -0.4 is 14.2 Å². The zero-order valence-electron chi connectivity index (χ0n) is 46.0. The van der Waals surface area contributed by atoms with Gasteiger partial charge in [0.05, 0.1) is 44.9 Å². The molecule has 0 radical (unpaired) electrons. The monoisotopic (exact) mass is 1070 g/mol. The van der Waals surface area contributed by atoms with E-state index in [1.165, 1.54) is 31.4 Å². The van der Waals surface area contributed by atoms with Crippen LogP contribution in [0.2, 0.25) is 0 Å². The molecule has 0 bridgehead atoms. The molecule has 0 spiro atoms. The molecule has 0 aromatic heterocycles. The zero-order chi connectivity index (χ0) is 57.8. The third kappa shape index (κ3) is 26.7. The van der Waals surface area contributed by atoms with Crippen molar-refractivity contribution in [3.8, 4) is 17.2 Å². The molecule has 1 N–H and O–H groups in total. The van der Waals surface area contributed by atoms with Crippen molar-refractivity contribution in [1.82, 2.24) is 0 Å². The predicted molar refractivity (Wildman–Crippen MR) is 292 cm³/mol. The molecule has 1 atom stereocenters. The van der Waals surface area contributed by atoms with E-state index >= 15 is 0 Å². The molecule has 0 saturated carbocycles. The number of benzene rings is 3. The Labute approximate surface area is 452 Å². The topological polar surface area (TPSA) is 231 Å². The first kappa shape index (κ1) is 66.8. The maximum absolute atomic E-state index is 11.8. The Morgan fingerprint density at radius 3 is 1.42 bits per heavy atom. The first-order valence-corrected chi connectivity index (χ1v) is 24.7. The molecule has 3 aromatic carbocycles. The van der Waals surface area contributed by atoms with Crippen LogP contribution in [0, 0.1) is 10.8 Å². The second kappa shape index (κ2) is 36.7. The van der Waals surface area contributed by atoms with Crippen molar-refractivity contribution in [3.05, 3.63) is 144 Å². The van der Waals surface area contributed by atoms with E-state index < -0.39 is 46.1 Å². The fourth-order valence-electron chi connectivity index (χ4n) is 5.32. The minimum atomic E-state index is -1.03. The molecule has 0 aliphatic rings. The van der Waals surface area contributed by atoms with Crippen molar-refractivity contribution >= 4 is 65.4 Å². The average Bonchev–Trinajstić information content (AvgIpc) is 3.44.